The van der Waals surface area contributed by atoms with Crippen LogP contribution in [0.25, 0.3) is 22.0 Å². The van der Waals surface area contributed by atoms with E-state index in [4.69, 9.17) is 10.5 Å². The Morgan fingerprint density at radius 1 is 0.960 bits per heavy atom. The van der Waals surface area contributed by atoms with Crippen LogP contribution in [0.1, 0.15) is 10.5 Å². The van der Waals surface area contributed by atoms with Gasteiger partial charge >= 0.3 is 0 Å². The molecule has 6 nitrogen and oxygen atoms in total. The lowest BCUT2D eigenvalue weighted by Gasteiger charge is -2.07. The molecule has 2 heterocycles. The number of nitrogens with zero attached hydrogens (tertiary/aromatic N) is 2. The lowest BCUT2D eigenvalue weighted by atomic mass is 10.0. The van der Waals surface area contributed by atoms with Crippen molar-refractivity contribution in [3.8, 4) is 22.6 Å². The molecule has 0 aliphatic carbocycles. The predicted molar refractivity (Wildman–Crippen MR) is 94.4 cm³/mol. The van der Waals surface area contributed by atoms with Crippen LogP contribution >= 0.6 is 0 Å². The summed E-state index contributed by atoms with van der Waals surface area (Å²) < 4.78 is 5.82. The van der Waals surface area contributed by atoms with Crippen LogP contribution in [0.15, 0.2) is 67.0 Å². The minimum absolute atomic E-state index is 0.224. The summed E-state index contributed by atoms with van der Waals surface area (Å²) in [6.07, 6.45) is 3.39. The van der Waals surface area contributed by atoms with Gasteiger partial charge < -0.3 is 10.5 Å². The maximum Gasteiger partial charge on any atom is 0.269 e. The number of primary amides is 1. The van der Waals surface area contributed by atoms with Crippen molar-refractivity contribution >= 4 is 16.8 Å². The first-order chi connectivity index (χ1) is 12.2. The minimum atomic E-state index is -0.567. The molecule has 2 aromatic heterocycles. The van der Waals surface area contributed by atoms with Crippen molar-refractivity contribution in [1.29, 1.82) is 0 Å². The molecular formula is C19H14N4O2. The number of rotatable bonds is 4. The highest BCUT2D eigenvalue weighted by molar-refractivity contribution is 6.04. The number of carbonyl (C=O) groups excluding carboxylic acids is 1. The molecule has 0 spiro atoms. The van der Waals surface area contributed by atoms with Gasteiger partial charge in [-0.3, -0.25) is 14.9 Å². The molecule has 3 N–H and O–H groups in total. The van der Waals surface area contributed by atoms with Crippen molar-refractivity contribution < 1.29 is 9.53 Å². The highest BCUT2D eigenvalue weighted by Gasteiger charge is 2.12. The molecular weight excluding hydrogens is 316 g/mol. The Balaban J connectivity index is 1.72. The fourth-order valence-electron chi connectivity index (χ4n) is 2.64. The van der Waals surface area contributed by atoms with E-state index in [0.717, 1.165) is 22.4 Å². The van der Waals surface area contributed by atoms with Gasteiger partial charge in [-0.15, -0.1) is 0 Å². The Hall–Kier alpha value is -3.67. The van der Waals surface area contributed by atoms with Gasteiger partial charge in [-0.05, 0) is 35.9 Å². The fourth-order valence-corrected chi connectivity index (χ4v) is 2.64. The molecule has 2 aromatic carbocycles. The second kappa shape index (κ2) is 6.09. The molecule has 0 atom stereocenters. The molecule has 0 bridgehead atoms. The van der Waals surface area contributed by atoms with E-state index >= 15 is 0 Å². The highest BCUT2D eigenvalue weighted by atomic mass is 16.5. The van der Waals surface area contributed by atoms with Crippen LogP contribution in [-0.2, 0) is 0 Å². The van der Waals surface area contributed by atoms with Crippen molar-refractivity contribution in [2.24, 2.45) is 5.73 Å². The molecule has 122 valence electrons. The van der Waals surface area contributed by atoms with Crippen molar-refractivity contribution in [3.63, 3.8) is 0 Å². The van der Waals surface area contributed by atoms with Crippen molar-refractivity contribution in [2.75, 3.05) is 0 Å². The van der Waals surface area contributed by atoms with E-state index in [-0.39, 0.29) is 5.69 Å². The number of nitrogens with one attached hydrogen (secondary N) is 1. The van der Waals surface area contributed by atoms with E-state index in [9.17, 15) is 4.79 Å². The number of benzene rings is 2. The zero-order valence-electron chi connectivity index (χ0n) is 13.1. The zero-order valence-corrected chi connectivity index (χ0v) is 13.1. The number of fused-ring (bicyclic) bond motifs is 1. The van der Waals surface area contributed by atoms with Crippen LogP contribution < -0.4 is 10.5 Å². The van der Waals surface area contributed by atoms with Crippen LogP contribution in [0.4, 0.5) is 0 Å². The average molecular weight is 330 g/mol. The molecule has 4 aromatic rings. The number of hydrogen-bond donors (Lipinski definition) is 2. The standard InChI is InChI=1S/C19H14N4O2/c20-19(24)18-16-9-12(6-7-17(16)22-23-18)13-8-15(11-21-10-13)25-14-4-2-1-3-5-14/h1-11H,(H2,20,24)(H,22,23). The topological polar surface area (TPSA) is 93.9 Å². The Morgan fingerprint density at radius 3 is 2.60 bits per heavy atom. The number of aromatic nitrogens is 3. The maximum atomic E-state index is 11.5. The van der Waals surface area contributed by atoms with Gasteiger partial charge in [-0.1, -0.05) is 24.3 Å². The Morgan fingerprint density at radius 2 is 1.80 bits per heavy atom. The van der Waals surface area contributed by atoms with Crippen LogP contribution in [0.3, 0.4) is 0 Å². The molecule has 25 heavy (non-hydrogen) atoms. The Labute approximate surface area is 143 Å². The first-order valence-electron chi connectivity index (χ1n) is 7.67. The normalized spacial score (nSPS) is 10.7. The lowest BCUT2D eigenvalue weighted by Crippen LogP contribution is -2.11. The van der Waals surface area contributed by atoms with Crippen LogP contribution in [-0.4, -0.2) is 21.1 Å². The van der Waals surface area contributed by atoms with E-state index in [1.807, 2.05) is 54.6 Å². The first-order valence-corrected chi connectivity index (χ1v) is 7.67. The van der Waals surface area contributed by atoms with Crippen molar-refractivity contribution in [1.82, 2.24) is 15.2 Å². The first kappa shape index (κ1) is 14.9. The molecule has 0 radical (unpaired) electrons. The summed E-state index contributed by atoms with van der Waals surface area (Å²) in [5.74, 6) is 0.802. The third-order valence-corrected chi connectivity index (χ3v) is 3.82. The van der Waals surface area contributed by atoms with E-state index in [2.05, 4.69) is 15.2 Å². The molecule has 1 amide bonds. The molecule has 4 rings (SSSR count). The quantitative estimate of drug-likeness (QED) is 0.598. The van der Waals surface area contributed by atoms with Crippen LogP contribution in [0.2, 0.25) is 0 Å². The number of amides is 1. The summed E-state index contributed by atoms with van der Waals surface area (Å²) in [6, 6.07) is 17.0. The number of para-hydroxylation sites is 1. The molecule has 6 heteroatoms. The summed E-state index contributed by atoms with van der Waals surface area (Å²) in [5.41, 5.74) is 8.10. The SMILES string of the molecule is NC(=O)c1n[nH]c2ccc(-c3cncc(Oc4ccccc4)c3)cc12. The number of pyridine rings is 1. The zero-order chi connectivity index (χ0) is 17.2. The number of aromatic amines is 1. The van der Waals surface area contributed by atoms with Crippen molar-refractivity contribution in [3.05, 3.63) is 72.7 Å². The smallest absolute Gasteiger partial charge is 0.269 e. The monoisotopic (exact) mass is 330 g/mol. The third-order valence-electron chi connectivity index (χ3n) is 3.82. The largest absolute Gasteiger partial charge is 0.456 e. The number of nitrogens with two attached hydrogens (primary N) is 1. The van der Waals surface area contributed by atoms with Gasteiger partial charge in [0.15, 0.2) is 5.69 Å². The minimum Gasteiger partial charge on any atom is -0.456 e. The number of carbonyl (C=O) groups is 1. The lowest BCUT2D eigenvalue weighted by molar-refractivity contribution is 0.0997. The number of ether oxygens (including phenoxy) is 1. The Bertz CT molecular complexity index is 1060. The fraction of sp³-hybridized carbons (Fsp3) is 0. The van der Waals surface area contributed by atoms with E-state index in [1.165, 1.54) is 0 Å². The molecule has 0 aliphatic rings. The number of H-pyrrole nitrogens is 1. The van der Waals surface area contributed by atoms with Gasteiger partial charge in [-0.25, -0.2) is 0 Å². The average Bonchev–Trinajstić information content (AvgIpc) is 3.06. The number of hydrogen-bond acceptors (Lipinski definition) is 4. The molecule has 0 unspecified atom stereocenters. The predicted octanol–water partition coefficient (Wildman–Crippen LogP) is 3.52. The van der Waals surface area contributed by atoms with E-state index in [1.54, 1.807) is 12.4 Å². The van der Waals surface area contributed by atoms with E-state index in [0.29, 0.717) is 11.1 Å². The summed E-state index contributed by atoms with van der Waals surface area (Å²) >= 11 is 0. The van der Waals surface area contributed by atoms with Gasteiger partial charge in [-0.2, -0.15) is 5.10 Å². The second-order valence-electron chi connectivity index (χ2n) is 5.52. The van der Waals surface area contributed by atoms with Gasteiger partial charge in [0.1, 0.15) is 11.5 Å². The van der Waals surface area contributed by atoms with Gasteiger partial charge in [0.05, 0.1) is 11.7 Å². The molecule has 0 fully saturated rings. The highest BCUT2D eigenvalue weighted by Crippen LogP contribution is 2.28. The molecule has 0 saturated carbocycles. The van der Waals surface area contributed by atoms with E-state index < -0.39 is 5.91 Å². The summed E-state index contributed by atoms with van der Waals surface area (Å²) in [7, 11) is 0. The Kier molecular flexibility index (Phi) is 3.63. The molecule has 0 aliphatic heterocycles. The second-order valence-corrected chi connectivity index (χ2v) is 5.52. The van der Waals surface area contributed by atoms with Crippen LogP contribution in [0, 0.1) is 0 Å². The maximum absolute atomic E-state index is 11.5. The van der Waals surface area contributed by atoms with Crippen LogP contribution in [0.5, 0.6) is 11.5 Å². The van der Waals surface area contributed by atoms with Gasteiger partial charge in [0, 0.05) is 17.1 Å². The third kappa shape index (κ3) is 2.92. The molecule has 0 saturated heterocycles. The van der Waals surface area contributed by atoms with Gasteiger partial charge in [0.2, 0.25) is 0 Å². The summed E-state index contributed by atoms with van der Waals surface area (Å²) in [5, 5.41) is 7.44. The summed E-state index contributed by atoms with van der Waals surface area (Å²) in [4.78, 5) is 15.7. The van der Waals surface area contributed by atoms with Crippen molar-refractivity contribution in [2.45, 2.75) is 0 Å². The summed E-state index contributed by atoms with van der Waals surface area (Å²) in [6.45, 7) is 0. The van der Waals surface area contributed by atoms with Gasteiger partial charge in [0.25, 0.3) is 5.91 Å².